The first-order valence-electron chi connectivity index (χ1n) is 10.9. The Kier molecular flexibility index (Phi) is 6.43. The van der Waals surface area contributed by atoms with Crippen molar-refractivity contribution in [3.63, 3.8) is 0 Å². The van der Waals surface area contributed by atoms with Crippen molar-refractivity contribution < 1.29 is 9.53 Å². The topological polar surface area (TPSA) is 44.1 Å². The summed E-state index contributed by atoms with van der Waals surface area (Å²) in [6.45, 7) is 10.4. The van der Waals surface area contributed by atoms with E-state index in [0.717, 1.165) is 21.2 Å². The summed E-state index contributed by atoms with van der Waals surface area (Å²) in [5, 5.41) is 4.71. The fourth-order valence-electron chi connectivity index (χ4n) is 3.42. The summed E-state index contributed by atoms with van der Waals surface area (Å²) >= 11 is 1.55. The van der Waals surface area contributed by atoms with Crippen molar-refractivity contribution in [2.24, 2.45) is 0 Å². The minimum atomic E-state index is -0.404. The minimum Gasteiger partial charge on any atom is -0.402 e. The molecule has 4 rings (SSSR count). The number of hydrogen-bond donors (Lipinski definition) is 0. The molecule has 0 spiro atoms. The number of hydrogen-bond acceptors (Lipinski definition) is 4. The lowest BCUT2D eigenvalue weighted by Gasteiger charge is -2.19. The van der Waals surface area contributed by atoms with Crippen molar-refractivity contribution in [1.29, 1.82) is 0 Å². The molecule has 0 unspecified atom stereocenters. The van der Waals surface area contributed by atoms with Crippen molar-refractivity contribution >= 4 is 17.7 Å². The third-order valence-corrected chi connectivity index (χ3v) is 6.56. The molecule has 1 heterocycles. The van der Waals surface area contributed by atoms with Crippen LogP contribution >= 0.6 is 11.8 Å². The van der Waals surface area contributed by atoms with E-state index in [2.05, 4.69) is 52.0 Å². The second kappa shape index (κ2) is 9.28. The molecule has 0 radical (unpaired) electrons. The molecule has 0 saturated heterocycles. The van der Waals surface area contributed by atoms with Gasteiger partial charge in [-0.15, -0.1) is 0 Å². The van der Waals surface area contributed by atoms with Crippen molar-refractivity contribution in [3.8, 4) is 11.6 Å². The van der Waals surface area contributed by atoms with Crippen LogP contribution in [0, 0.1) is 13.8 Å². The molecule has 0 amide bonds. The van der Waals surface area contributed by atoms with Crippen LogP contribution in [0.4, 0.5) is 0 Å². The molecule has 0 fully saturated rings. The Morgan fingerprint density at radius 3 is 2.12 bits per heavy atom. The van der Waals surface area contributed by atoms with Crippen molar-refractivity contribution in [1.82, 2.24) is 9.78 Å². The molecule has 4 nitrogen and oxygen atoms in total. The van der Waals surface area contributed by atoms with Gasteiger partial charge in [0, 0.05) is 4.90 Å². The number of benzene rings is 3. The first kappa shape index (κ1) is 22.9. The second-order valence-corrected chi connectivity index (χ2v) is 10.2. The second-order valence-electron chi connectivity index (χ2n) is 9.10. The maximum Gasteiger partial charge on any atom is 0.344 e. The maximum absolute atomic E-state index is 13.1. The van der Waals surface area contributed by atoms with E-state index in [1.165, 1.54) is 11.1 Å². The monoisotopic (exact) mass is 456 g/mol. The molecule has 3 aromatic carbocycles. The van der Waals surface area contributed by atoms with Gasteiger partial charge in [0.05, 0.1) is 21.8 Å². The Balaban J connectivity index is 1.71. The highest BCUT2D eigenvalue weighted by atomic mass is 32.2. The van der Waals surface area contributed by atoms with E-state index in [9.17, 15) is 4.79 Å². The first-order valence-corrected chi connectivity index (χ1v) is 11.8. The molecule has 0 aliphatic carbocycles. The molecule has 0 aliphatic heterocycles. The van der Waals surface area contributed by atoms with Crippen LogP contribution in [0.3, 0.4) is 0 Å². The van der Waals surface area contributed by atoms with Crippen LogP contribution in [0.1, 0.15) is 48.0 Å². The average Bonchev–Trinajstić information content (AvgIpc) is 3.10. The Labute approximate surface area is 199 Å². The van der Waals surface area contributed by atoms with Crippen LogP contribution in [0.15, 0.2) is 88.7 Å². The largest absolute Gasteiger partial charge is 0.402 e. The number of carbonyl (C=O) groups is 1. The van der Waals surface area contributed by atoms with E-state index in [0.29, 0.717) is 11.4 Å². The highest BCUT2D eigenvalue weighted by Gasteiger charge is 2.23. The van der Waals surface area contributed by atoms with Gasteiger partial charge in [-0.25, -0.2) is 4.79 Å². The maximum atomic E-state index is 13.1. The summed E-state index contributed by atoms with van der Waals surface area (Å²) in [6.07, 6.45) is 0. The number of carbonyl (C=O) groups excluding carboxylic acids is 1. The normalized spacial score (nSPS) is 11.4. The molecule has 0 saturated carbocycles. The van der Waals surface area contributed by atoms with Gasteiger partial charge in [0.1, 0.15) is 0 Å². The number of nitrogens with zero attached hydrogens (tertiary/aromatic N) is 2. The summed E-state index contributed by atoms with van der Waals surface area (Å²) in [5.41, 5.74) is 4.52. The van der Waals surface area contributed by atoms with E-state index in [-0.39, 0.29) is 5.41 Å². The van der Waals surface area contributed by atoms with Crippen molar-refractivity contribution in [2.45, 2.75) is 49.8 Å². The first-order chi connectivity index (χ1) is 15.7. The minimum absolute atomic E-state index is 0.0172. The molecular formula is C28H28N2O2S. The molecule has 0 aliphatic rings. The molecule has 0 bridgehead atoms. The number of para-hydroxylation sites is 1. The Hall–Kier alpha value is -3.31. The SMILES string of the molecule is Cc1ccc(Sc2c(C)nn(-c3ccccc3)c2OC(=O)c2ccc(C(C)(C)C)cc2)cc1. The van der Waals surface area contributed by atoms with Gasteiger partial charge in [0.25, 0.3) is 0 Å². The summed E-state index contributed by atoms with van der Waals surface area (Å²) in [5.74, 6) is 0.0208. The quantitative estimate of drug-likeness (QED) is 0.299. The van der Waals surface area contributed by atoms with Gasteiger partial charge in [-0.2, -0.15) is 9.78 Å². The van der Waals surface area contributed by atoms with E-state index >= 15 is 0 Å². The van der Waals surface area contributed by atoms with Crippen LogP contribution in [-0.2, 0) is 5.41 Å². The predicted octanol–water partition coefficient (Wildman–Crippen LogP) is 7.16. The van der Waals surface area contributed by atoms with E-state index in [1.54, 1.807) is 16.4 Å². The fraction of sp³-hybridized carbons (Fsp3) is 0.214. The Bertz CT molecular complexity index is 1250. The van der Waals surface area contributed by atoms with Gasteiger partial charge in [0.15, 0.2) is 0 Å². The molecule has 0 atom stereocenters. The van der Waals surface area contributed by atoms with Crippen LogP contribution in [-0.4, -0.2) is 15.7 Å². The predicted molar refractivity (Wildman–Crippen MR) is 134 cm³/mol. The van der Waals surface area contributed by atoms with Gasteiger partial charge < -0.3 is 4.74 Å². The molecule has 5 heteroatoms. The molecule has 0 N–H and O–H groups in total. The number of rotatable bonds is 5. The van der Waals surface area contributed by atoms with Crippen LogP contribution in [0.25, 0.3) is 5.69 Å². The summed E-state index contributed by atoms with van der Waals surface area (Å²) in [7, 11) is 0. The van der Waals surface area contributed by atoms with E-state index in [4.69, 9.17) is 9.84 Å². The van der Waals surface area contributed by atoms with Crippen molar-refractivity contribution in [3.05, 3.63) is 101 Å². The summed E-state index contributed by atoms with van der Waals surface area (Å²) in [6, 6.07) is 25.6. The van der Waals surface area contributed by atoms with Gasteiger partial charge in [0.2, 0.25) is 5.88 Å². The highest BCUT2D eigenvalue weighted by Crippen LogP contribution is 2.39. The zero-order chi connectivity index (χ0) is 23.6. The number of aromatic nitrogens is 2. The molecule has 168 valence electrons. The standard InChI is InChI=1S/C28H28N2O2S/c1-19-11-17-24(18-12-19)33-25-20(2)29-30(23-9-7-6-8-10-23)26(25)32-27(31)21-13-15-22(16-14-21)28(3,4)5/h6-18H,1-5H3. The van der Waals surface area contributed by atoms with E-state index in [1.807, 2.05) is 61.5 Å². The number of aryl methyl sites for hydroxylation is 2. The summed E-state index contributed by atoms with van der Waals surface area (Å²) in [4.78, 5) is 15.0. The third-order valence-electron chi connectivity index (χ3n) is 5.38. The van der Waals surface area contributed by atoms with Crippen LogP contribution in [0.5, 0.6) is 5.88 Å². The lowest BCUT2D eigenvalue weighted by molar-refractivity contribution is 0.0718. The van der Waals surface area contributed by atoms with Gasteiger partial charge in [-0.3, -0.25) is 0 Å². The molecule has 4 aromatic rings. The summed E-state index contributed by atoms with van der Waals surface area (Å²) < 4.78 is 7.70. The van der Waals surface area contributed by atoms with Crippen LogP contribution < -0.4 is 4.74 Å². The lowest BCUT2D eigenvalue weighted by Crippen LogP contribution is -2.14. The van der Waals surface area contributed by atoms with Crippen molar-refractivity contribution in [2.75, 3.05) is 0 Å². The highest BCUT2D eigenvalue weighted by molar-refractivity contribution is 7.99. The third kappa shape index (κ3) is 5.20. The van der Waals surface area contributed by atoms with E-state index < -0.39 is 5.97 Å². The Morgan fingerprint density at radius 1 is 0.879 bits per heavy atom. The van der Waals surface area contributed by atoms with Gasteiger partial charge >= 0.3 is 5.97 Å². The van der Waals surface area contributed by atoms with Crippen LogP contribution in [0.2, 0.25) is 0 Å². The van der Waals surface area contributed by atoms with Gasteiger partial charge in [-0.05, 0) is 61.2 Å². The average molecular weight is 457 g/mol. The number of ether oxygens (including phenoxy) is 1. The molecular weight excluding hydrogens is 428 g/mol. The zero-order valence-electron chi connectivity index (χ0n) is 19.6. The number of esters is 1. The van der Waals surface area contributed by atoms with Gasteiger partial charge in [-0.1, -0.05) is 80.6 Å². The Morgan fingerprint density at radius 2 is 1.52 bits per heavy atom. The smallest absolute Gasteiger partial charge is 0.344 e. The zero-order valence-corrected chi connectivity index (χ0v) is 20.4. The fourth-order valence-corrected chi connectivity index (χ4v) is 4.33. The lowest BCUT2D eigenvalue weighted by atomic mass is 9.87. The molecule has 1 aromatic heterocycles. The molecule has 33 heavy (non-hydrogen) atoms.